The Morgan fingerprint density at radius 3 is 2.48 bits per heavy atom. The van der Waals surface area contributed by atoms with Crippen LogP contribution >= 0.6 is 0 Å². The first-order chi connectivity index (χ1) is 10.0. The molecule has 6 heteroatoms. The van der Waals surface area contributed by atoms with Gasteiger partial charge in [-0.1, -0.05) is 0 Å². The Bertz CT molecular complexity index is 625. The molecule has 1 N–H and O–H groups in total. The van der Waals surface area contributed by atoms with E-state index in [4.69, 9.17) is 4.98 Å². The van der Waals surface area contributed by atoms with Gasteiger partial charge in [0.15, 0.2) is 0 Å². The van der Waals surface area contributed by atoms with Gasteiger partial charge in [-0.25, -0.2) is 9.97 Å². The maximum atomic E-state index is 4.72. The lowest BCUT2D eigenvalue weighted by atomic mass is 10.1. The third-order valence-electron chi connectivity index (χ3n) is 3.73. The number of nitrogens with zero attached hydrogens (tertiary/aromatic N) is 5. The van der Waals surface area contributed by atoms with Gasteiger partial charge in [-0.05, 0) is 33.8 Å². The molecule has 3 heterocycles. The highest BCUT2D eigenvalue weighted by atomic mass is 15.3. The number of anilines is 1. The van der Waals surface area contributed by atoms with E-state index in [1.807, 2.05) is 36.9 Å². The summed E-state index contributed by atoms with van der Waals surface area (Å²) in [5.41, 5.74) is 0.978. The molecule has 6 nitrogen and oxygen atoms in total. The van der Waals surface area contributed by atoms with Gasteiger partial charge in [0.1, 0.15) is 11.6 Å². The Morgan fingerprint density at radius 2 is 1.86 bits per heavy atom. The van der Waals surface area contributed by atoms with E-state index in [0.29, 0.717) is 18.0 Å². The summed E-state index contributed by atoms with van der Waals surface area (Å²) in [6.07, 6.45) is 3.79. The molecule has 2 atom stereocenters. The van der Waals surface area contributed by atoms with Gasteiger partial charge in [0.25, 0.3) is 0 Å². The zero-order valence-electron chi connectivity index (χ0n) is 13.0. The van der Waals surface area contributed by atoms with Crippen molar-refractivity contribution in [3.05, 3.63) is 30.0 Å². The molecule has 0 aromatic carbocycles. The molecule has 0 aliphatic carbocycles. The van der Waals surface area contributed by atoms with Crippen molar-refractivity contribution in [3.63, 3.8) is 0 Å². The van der Waals surface area contributed by atoms with Crippen LogP contribution in [0.5, 0.6) is 0 Å². The van der Waals surface area contributed by atoms with Crippen LogP contribution in [0, 0.1) is 13.8 Å². The van der Waals surface area contributed by atoms with E-state index in [9.17, 15) is 0 Å². The molecule has 0 spiro atoms. The average Bonchev–Trinajstić information content (AvgIpc) is 2.77. The molecule has 0 radical (unpaired) electrons. The van der Waals surface area contributed by atoms with Crippen LogP contribution in [0.15, 0.2) is 18.5 Å². The number of hydrogen-bond acceptors (Lipinski definition) is 5. The van der Waals surface area contributed by atoms with Crippen molar-refractivity contribution in [2.75, 3.05) is 18.0 Å². The molecule has 0 amide bonds. The molecule has 1 aliphatic heterocycles. The highest BCUT2D eigenvalue weighted by Gasteiger charge is 2.22. The molecule has 0 saturated carbocycles. The number of imidazole rings is 1. The largest absolute Gasteiger partial charge is 0.353 e. The SMILES string of the molecule is Cc1cn(-c2nccc(N3C[C@@H](C)N[C@@H](C)C3)n2)c(C)n1. The van der Waals surface area contributed by atoms with Crippen LogP contribution < -0.4 is 10.2 Å². The molecule has 1 fully saturated rings. The predicted octanol–water partition coefficient (Wildman–Crippen LogP) is 1.47. The second kappa shape index (κ2) is 5.44. The van der Waals surface area contributed by atoms with Gasteiger partial charge in [0.2, 0.25) is 5.95 Å². The Labute approximate surface area is 125 Å². The van der Waals surface area contributed by atoms with Crippen molar-refractivity contribution >= 4 is 5.82 Å². The third kappa shape index (κ3) is 2.90. The quantitative estimate of drug-likeness (QED) is 0.906. The Morgan fingerprint density at radius 1 is 1.14 bits per heavy atom. The fourth-order valence-electron chi connectivity index (χ4n) is 2.97. The van der Waals surface area contributed by atoms with Crippen LogP contribution in [-0.4, -0.2) is 44.7 Å². The molecule has 3 rings (SSSR count). The normalized spacial score (nSPS) is 22.6. The molecule has 0 bridgehead atoms. The van der Waals surface area contributed by atoms with Crippen LogP contribution in [0.3, 0.4) is 0 Å². The molecule has 21 heavy (non-hydrogen) atoms. The first-order valence-electron chi connectivity index (χ1n) is 7.40. The lowest BCUT2D eigenvalue weighted by molar-refractivity contribution is 0.405. The van der Waals surface area contributed by atoms with Gasteiger partial charge in [-0.2, -0.15) is 4.98 Å². The summed E-state index contributed by atoms with van der Waals surface area (Å²) in [6.45, 7) is 10.3. The van der Waals surface area contributed by atoms with Crippen LogP contribution in [0.25, 0.3) is 5.95 Å². The summed E-state index contributed by atoms with van der Waals surface area (Å²) in [5, 5.41) is 3.54. The highest BCUT2D eigenvalue weighted by molar-refractivity contribution is 5.41. The zero-order chi connectivity index (χ0) is 15.0. The summed E-state index contributed by atoms with van der Waals surface area (Å²) in [4.78, 5) is 15.8. The second-order valence-corrected chi connectivity index (χ2v) is 5.89. The number of rotatable bonds is 2. The first kappa shape index (κ1) is 14.0. The minimum absolute atomic E-state index is 0.462. The Balaban J connectivity index is 1.91. The first-order valence-corrected chi connectivity index (χ1v) is 7.40. The minimum Gasteiger partial charge on any atom is -0.353 e. The molecule has 0 unspecified atom stereocenters. The van der Waals surface area contributed by atoms with Crippen molar-refractivity contribution < 1.29 is 0 Å². The van der Waals surface area contributed by atoms with Gasteiger partial charge in [-0.15, -0.1) is 0 Å². The highest BCUT2D eigenvalue weighted by Crippen LogP contribution is 2.17. The monoisotopic (exact) mass is 286 g/mol. The molecule has 1 aliphatic rings. The predicted molar refractivity (Wildman–Crippen MR) is 82.9 cm³/mol. The number of nitrogens with one attached hydrogen (secondary N) is 1. The number of aryl methyl sites for hydroxylation is 2. The summed E-state index contributed by atoms with van der Waals surface area (Å²) in [7, 11) is 0. The summed E-state index contributed by atoms with van der Waals surface area (Å²) in [5.74, 6) is 2.57. The fourth-order valence-corrected chi connectivity index (χ4v) is 2.97. The maximum absolute atomic E-state index is 4.72. The van der Waals surface area contributed by atoms with E-state index in [1.165, 1.54) is 0 Å². The Hall–Kier alpha value is -1.95. The average molecular weight is 286 g/mol. The van der Waals surface area contributed by atoms with E-state index >= 15 is 0 Å². The van der Waals surface area contributed by atoms with E-state index in [0.717, 1.165) is 30.4 Å². The van der Waals surface area contributed by atoms with Crippen molar-refractivity contribution in [3.8, 4) is 5.95 Å². The third-order valence-corrected chi connectivity index (χ3v) is 3.73. The number of piperazine rings is 1. The lowest BCUT2D eigenvalue weighted by Gasteiger charge is -2.36. The molecule has 112 valence electrons. The summed E-state index contributed by atoms with van der Waals surface area (Å²) < 4.78 is 1.94. The summed E-state index contributed by atoms with van der Waals surface area (Å²) >= 11 is 0. The molecular formula is C15H22N6. The summed E-state index contributed by atoms with van der Waals surface area (Å²) in [6, 6.07) is 2.90. The zero-order valence-corrected chi connectivity index (χ0v) is 13.0. The fraction of sp³-hybridized carbons (Fsp3) is 0.533. The molecular weight excluding hydrogens is 264 g/mol. The standard InChI is InChI=1S/C15H22N6/c1-10-7-20(8-11(2)17-10)14-5-6-16-15(19-14)21-9-12(3)18-13(21)4/h5-6,9-11,17H,7-8H2,1-4H3/t10-,11+. The van der Waals surface area contributed by atoms with Crippen LogP contribution in [0.1, 0.15) is 25.4 Å². The van der Waals surface area contributed by atoms with Gasteiger partial charge >= 0.3 is 0 Å². The number of hydrogen-bond donors (Lipinski definition) is 1. The van der Waals surface area contributed by atoms with E-state index in [1.54, 1.807) is 0 Å². The van der Waals surface area contributed by atoms with Crippen molar-refractivity contribution in [2.24, 2.45) is 0 Å². The van der Waals surface area contributed by atoms with Crippen LogP contribution in [0.4, 0.5) is 5.82 Å². The Kier molecular flexibility index (Phi) is 3.63. The second-order valence-electron chi connectivity index (χ2n) is 5.89. The van der Waals surface area contributed by atoms with E-state index in [-0.39, 0.29) is 0 Å². The molecule has 2 aromatic rings. The van der Waals surface area contributed by atoms with Crippen LogP contribution in [-0.2, 0) is 0 Å². The van der Waals surface area contributed by atoms with E-state index in [2.05, 4.69) is 34.0 Å². The smallest absolute Gasteiger partial charge is 0.237 e. The van der Waals surface area contributed by atoms with Crippen molar-refractivity contribution in [1.82, 2.24) is 24.8 Å². The van der Waals surface area contributed by atoms with Gasteiger partial charge in [0.05, 0.1) is 5.69 Å². The van der Waals surface area contributed by atoms with Gasteiger partial charge in [-0.3, -0.25) is 4.57 Å². The van der Waals surface area contributed by atoms with Crippen molar-refractivity contribution in [2.45, 2.75) is 39.8 Å². The van der Waals surface area contributed by atoms with Gasteiger partial charge in [0, 0.05) is 37.6 Å². The molecule has 1 saturated heterocycles. The van der Waals surface area contributed by atoms with Gasteiger partial charge < -0.3 is 10.2 Å². The maximum Gasteiger partial charge on any atom is 0.237 e. The van der Waals surface area contributed by atoms with Crippen molar-refractivity contribution in [1.29, 1.82) is 0 Å². The lowest BCUT2D eigenvalue weighted by Crippen LogP contribution is -2.54. The minimum atomic E-state index is 0.462. The topological polar surface area (TPSA) is 58.9 Å². The number of aromatic nitrogens is 4. The van der Waals surface area contributed by atoms with E-state index < -0.39 is 0 Å². The van der Waals surface area contributed by atoms with Crippen LogP contribution in [0.2, 0.25) is 0 Å². The molecule has 2 aromatic heterocycles.